The summed E-state index contributed by atoms with van der Waals surface area (Å²) >= 11 is 0. The van der Waals surface area contributed by atoms with E-state index in [1.165, 1.54) is 83.5 Å². The molecule has 0 saturated heterocycles. The highest BCUT2D eigenvalue weighted by Crippen LogP contribution is 2.42. The molecule has 0 atom stereocenters. The smallest absolute Gasteiger partial charge is 0.0624 e. The summed E-state index contributed by atoms with van der Waals surface area (Å²) in [7, 11) is 0. The zero-order chi connectivity index (χ0) is 14.9. The largest absolute Gasteiger partial charge is 0.198 e. The molecule has 21 heavy (non-hydrogen) atoms. The summed E-state index contributed by atoms with van der Waals surface area (Å²) in [4.78, 5) is 0. The molecule has 2 saturated carbocycles. The third-order valence-corrected chi connectivity index (χ3v) is 6.30. The fraction of sp³-hybridized carbons (Fsp3) is 0.950. The van der Waals surface area contributed by atoms with Gasteiger partial charge in [0.25, 0.3) is 0 Å². The molecule has 0 bridgehead atoms. The lowest BCUT2D eigenvalue weighted by molar-refractivity contribution is 0.143. The van der Waals surface area contributed by atoms with Crippen LogP contribution < -0.4 is 0 Å². The van der Waals surface area contributed by atoms with Gasteiger partial charge in [-0.05, 0) is 62.2 Å². The quantitative estimate of drug-likeness (QED) is 0.492. The van der Waals surface area contributed by atoms with Gasteiger partial charge < -0.3 is 0 Å². The highest BCUT2D eigenvalue weighted by atomic mass is 14.4. The molecule has 1 nitrogen and oxygen atoms in total. The Kier molecular flexibility index (Phi) is 7.62. The SMILES string of the molecule is CCCCCCC1CCC(C2CCC(CC#N)CC2)CC1. The normalized spacial score (nSPS) is 33.5. The van der Waals surface area contributed by atoms with Crippen molar-refractivity contribution in [3.63, 3.8) is 0 Å². The molecule has 0 aliphatic heterocycles. The fourth-order valence-electron chi connectivity index (χ4n) is 4.80. The second-order valence-corrected chi connectivity index (χ2v) is 7.77. The minimum atomic E-state index is 0.723. The molecule has 2 aliphatic rings. The second kappa shape index (κ2) is 9.50. The number of nitriles is 1. The van der Waals surface area contributed by atoms with Gasteiger partial charge in [-0.15, -0.1) is 0 Å². The van der Waals surface area contributed by atoms with E-state index in [9.17, 15) is 0 Å². The maximum atomic E-state index is 8.82. The van der Waals surface area contributed by atoms with Gasteiger partial charge in [0, 0.05) is 6.42 Å². The Hall–Kier alpha value is -0.510. The molecule has 0 radical (unpaired) electrons. The van der Waals surface area contributed by atoms with Crippen LogP contribution in [0, 0.1) is 35.0 Å². The Morgan fingerprint density at radius 2 is 1.33 bits per heavy atom. The van der Waals surface area contributed by atoms with Crippen LogP contribution in [0.15, 0.2) is 0 Å². The molecule has 0 heterocycles. The van der Waals surface area contributed by atoms with Gasteiger partial charge in [-0.25, -0.2) is 0 Å². The van der Waals surface area contributed by atoms with Crippen LogP contribution in [0.5, 0.6) is 0 Å². The van der Waals surface area contributed by atoms with E-state index in [2.05, 4.69) is 13.0 Å². The van der Waals surface area contributed by atoms with E-state index < -0.39 is 0 Å². The molecular formula is C20H35N. The van der Waals surface area contributed by atoms with E-state index in [0.29, 0.717) is 0 Å². The first-order valence-electron chi connectivity index (χ1n) is 9.70. The minimum absolute atomic E-state index is 0.723. The van der Waals surface area contributed by atoms with Crippen LogP contribution in [-0.2, 0) is 0 Å². The van der Waals surface area contributed by atoms with Gasteiger partial charge in [-0.1, -0.05) is 51.9 Å². The minimum Gasteiger partial charge on any atom is -0.198 e. The van der Waals surface area contributed by atoms with E-state index in [1.807, 2.05) is 0 Å². The predicted octanol–water partition coefficient (Wildman–Crippen LogP) is 6.48. The summed E-state index contributed by atoms with van der Waals surface area (Å²) in [5.41, 5.74) is 0. The molecule has 2 aliphatic carbocycles. The Morgan fingerprint density at radius 1 is 0.762 bits per heavy atom. The van der Waals surface area contributed by atoms with E-state index in [1.54, 1.807) is 0 Å². The van der Waals surface area contributed by atoms with E-state index in [-0.39, 0.29) is 0 Å². The molecule has 0 N–H and O–H groups in total. The first kappa shape index (κ1) is 16.9. The molecular weight excluding hydrogens is 254 g/mol. The number of unbranched alkanes of at least 4 members (excludes halogenated alkanes) is 3. The highest BCUT2D eigenvalue weighted by Gasteiger charge is 2.30. The monoisotopic (exact) mass is 289 g/mol. The molecule has 2 fully saturated rings. The van der Waals surface area contributed by atoms with Crippen molar-refractivity contribution in [3.05, 3.63) is 0 Å². The maximum Gasteiger partial charge on any atom is 0.0624 e. The van der Waals surface area contributed by atoms with Crippen molar-refractivity contribution in [3.8, 4) is 6.07 Å². The Morgan fingerprint density at radius 3 is 1.86 bits per heavy atom. The first-order chi connectivity index (χ1) is 10.3. The van der Waals surface area contributed by atoms with Gasteiger partial charge in [0.05, 0.1) is 6.07 Å². The second-order valence-electron chi connectivity index (χ2n) is 7.77. The van der Waals surface area contributed by atoms with Gasteiger partial charge in [-0.3, -0.25) is 0 Å². The summed E-state index contributed by atoms with van der Waals surface area (Å²) in [6.45, 7) is 2.30. The summed E-state index contributed by atoms with van der Waals surface area (Å²) in [5, 5.41) is 8.82. The Labute approximate surface area is 132 Å². The van der Waals surface area contributed by atoms with E-state index >= 15 is 0 Å². The molecule has 0 amide bonds. The molecule has 2 rings (SSSR count). The van der Waals surface area contributed by atoms with Crippen LogP contribution in [0.2, 0.25) is 0 Å². The summed E-state index contributed by atoms with van der Waals surface area (Å²) < 4.78 is 0. The highest BCUT2D eigenvalue weighted by molar-refractivity contribution is 4.85. The van der Waals surface area contributed by atoms with Gasteiger partial charge in [0.2, 0.25) is 0 Å². The van der Waals surface area contributed by atoms with Crippen molar-refractivity contribution in [2.45, 2.75) is 96.8 Å². The van der Waals surface area contributed by atoms with Crippen LogP contribution in [0.3, 0.4) is 0 Å². The maximum absolute atomic E-state index is 8.82. The number of rotatable bonds is 7. The van der Waals surface area contributed by atoms with Gasteiger partial charge >= 0.3 is 0 Å². The summed E-state index contributed by atoms with van der Waals surface area (Å²) in [6.07, 6.45) is 19.5. The molecule has 0 aromatic carbocycles. The van der Waals surface area contributed by atoms with Crippen LogP contribution in [0.1, 0.15) is 96.8 Å². The molecule has 1 heteroatoms. The van der Waals surface area contributed by atoms with Gasteiger partial charge in [0.1, 0.15) is 0 Å². The Bertz CT molecular complexity index is 300. The molecule has 120 valence electrons. The standard InChI is InChI=1S/C20H35N/c1-2-3-4-5-6-17-7-11-19(12-8-17)20-13-9-18(10-14-20)15-16-21/h17-20H,2-15H2,1H3. The van der Waals surface area contributed by atoms with Crippen LogP contribution in [0.25, 0.3) is 0 Å². The predicted molar refractivity (Wildman–Crippen MR) is 89.9 cm³/mol. The topological polar surface area (TPSA) is 23.8 Å². The van der Waals surface area contributed by atoms with Crippen LogP contribution >= 0.6 is 0 Å². The van der Waals surface area contributed by atoms with Crippen LogP contribution in [-0.4, -0.2) is 0 Å². The van der Waals surface area contributed by atoms with Crippen molar-refractivity contribution in [2.75, 3.05) is 0 Å². The van der Waals surface area contributed by atoms with Crippen molar-refractivity contribution < 1.29 is 0 Å². The summed E-state index contributed by atoms with van der Waals surface area (Å²) in [6, 6.07) is 2.37. The number of nitrogens with zero attached hydrogens (tertiary/aromatic N) is 1. The molecule has 0 unspecified atom stereocenters. The lowest BCUT2D eigenvalue weighted by Crippen LogP contribution is -2.25. The van der Waals surface area contributed by atoms with E-state index in [4.69, 9.17) is 5.26 Å². The first-order valence-corrected chi connectivity index (χ1v) is 9.70. The van der Waals surface area contributed by atoms with Gasteiger partial charge in [-0.2, -0.15) is 5.26 Å². The van der Waals surface area contributed by atoms with E-state index in [0.717, 1.165) is 30.1 Å². The number of hydrogen-bond acceptors (Lipinski definition) is 1. The molecule has 0 spiro atoms. The van der Waals surface area contributed by atoms with Crippen molar-refractivity contribution in [1.29, 1.82) is 5.26 Å². The zero-order valence-electron chi connectivity index (χ0n) is 14.2. The average molecular weight is 290 g/mol. The van der Waals surface area contributed by atoms with Crippen molar-refractivity contribution in [1.82, 2.24) is 0 Å². The molecule has 0 aromatic heterocycles. The molecule has 0 aromatic rings. The lowest BCUT2D eigenvalue weighted by Gasteiger charge is -2.37. The van der Waals surface area contributed by atoms with Crippen molar-refractivity contribution in [2.24, 2.45) is 23.7 Å². The lowest BCUT2D eigenvalue weighted by atomic mass is 9.68. The van der Waals surface area contributed by atoms with Crippen LogP contribution in [0.4, 0.5) is 0 Å². The zero-order valence-corrected chi connectivity index (χ0v) is 14.2. The van der Waals surface area contributed by atoms with Gasteiger partial charge in [0.15, 0.2) is 0 Å². The Balaban J connectivity index is 1.60. The summed E-state index contributed by atoms with van der Waals surface area (Å²) in [5.74, 6) is 3.80. The third-order valence-electron chi connectivity index (χ3n) is 6.30. The van der Waals surface area contributed by atoms with Crippen molar-refractivity contribution >= 4 is 0 Å². The average Bonchev–Trinajstić information content (AvgIpc) is 2.53. The number of hydrogen-bond donors (Lipinski definition) is 0. The third kappa shape index (κ3) is 5.65. The fourth-order valence-corrected chi connectivity index (χ4v) is 4.80.